The molecule has 0 aromatic carbocycles. The van der Waals surface area contributed by atoms with Crippen molar-refractivity contribution < 1.29 is 14.3 Å². The van der Waals surface area contributed by atoms with Gasteiger partial charge in [-0.25, -0.2) is 0 Å². The molecule has 5 aliphatic rings. The van der Waals surface area contributed by atoms with Gasteiger partial charge in [-0.2, -0.15) is 0 Å². The Morgan fingerprint density at radius 1 is 1.04 bits per heavy atom. The lowest BCUT2D eigenvalue weighted by atomic mass is 9.49. The van der Waals surface area contributed by atoms with E-state index in [1.54, 1.807) is 0 Å². The van der Waals surface area contributed by atoms with E-state index in [0.717, 1.165) is 62.9 Å². The van der Waals surface area contributed by atoms with Gasteiger partial charge >= 0.3 is 0 Å². The number of carbonyl (C=O) groups is 2. The highest BCUT2D eigenvalue weighted by atomic mass is 16.5. The summed E-state index contributed by atoms with van der Waals surface area (Å²) in [6.45, 7) is 1.70. The minimum absolute atomic E-state index is 0.0269. The molecular weight excluding hydrogens is 304 g/mol. The molecule has 134 valence electrons. The van der Waals surface area contributed by atoms with Crippen LogP contribution in [0.25, 0.3) is 0 Å². The third kappa shape index (κ3) is 2.96. The van der Waals surface area contributed by atoms with E-state index in [0.29, 0.717) is 5.91 Å². The number of hydrogen-bond acceptors (Lipinski definition) is 3. The topological polar surface area (TPSA) is 58.6 Å². The molecule has 5 rings (SSSR count). The molecule has 2 amide bonds. The molecule has 0 radical (unpaired) electrons. The van der Waals surface area contributed by atoms with Crippen molar-refractivity contribution in [3.05, 3.63) is 0 Å². The number of carbonyl (C=O) groups excluding carboxylic acids is 2. The fourth-order valence-corrected chi connectivity index (χ4v) is 6.34. The predicted molar refractivity (Wildman–Crippen MR) is 90.2 cm³/mol. The van der Waals surface area contributed by atoms with E-state index in [-0.39, 0.29) is 24.0 Å². The van der Waals surface area contributed by atoms with Crippen LogP contribution in [0.4, 0.5) is 0 Å². The summed E-state index contributed by atoms with van der Waals surface area (Å²) in [6, 6.07) is 0.188. The van der Waals surface area contributed by atoms with Crippen molar-refractivity contribution in [1.82, 2.24) is 10.2 Å². The summed E-state index contributed by atoms with van der Waals surface area (Å²) in [6.07, 6.45) is 9.29. The molecule has 0 atom stereocenters. The number of nitrogens with one attached hydrogen (secondary N) is 1. The minimum atomic E-state index is -0.0524. The Morgan fingerprint density at radius 2 is 1.58 bits per heavy atom. The standard InChI is InChI=1S/C19H30N2O3/c1-24-12-17(22)20-16-2-4-21(5-3-16)18(23)19-9-13-6-14(10-19)8-15(7-13)11-19/h13-16H,2-12H2,1H3,(H,20,22). The first-order chi connectivity index (χ1) is 11.6. The highest BCUT2D eigenvalue weighted by Gasteiger charge is 2.55. The van der Waals surface area contributed by atoms with Gasteiger partial charge in [-0.3, -0.25) is 9.59 Å². The van der Waals surface area contributed by atoms with Crippen LogP contribution in [0, 0.1) is 23.2 Å². The van der Waals surface area contributed by atoms with Crippen molar-refractivity contribution in [3.63, 3.8) is 0 Å². The third-order valence-corrected chi connectivity index (χ3v) is 6.91. The molecule has 4 aliphatic carbocycles. The first kappa shape index (κ1) is 16.4. The number of amides is 2. The van der Waals surface area contributed by atoms with Crippen molar-refractivity contribution in [3.8, 4) is 0 Å². The van der Waals surface area contributed by atoms with Gasteiger partial charge < -0.3 is 15.0 Å². The second-order valence-electron chi connectivity index (χ2n) is 8.76. The van der Waals surface area contributed by atoms with Crippen LogP contribution in [0.1, 0.15) is 51.4 Å². The Hall–Kier alpha value is -1.10. The van der Waals surface area contributed by atoms with Gasteiger partial charge in [-0.1, -0.05) is 0 Å². The van der Waals surface area contributed by atoms with Crippen molar-refractivity contribution >= 4 is 11.8 Å². The molecule has 5 nitrogen and oxygen atoms in total. The Balaban J connectivity index is 1.34. The zero-order valence-corrected chi connectivity index (χ0v) is 14.8. The number of ether oxygens (including phenoxy) is 1. The molecule has 0 aromatic rings. The highest BCUT2D eigenvalue weighted by molar-refractivity contribution is 5.83. The Kier molecular flexibility index (Phi) is 4.31. The molecule has 0 spiro atoms. The summed E-state index contributed by atoms with van der Waals surface area (Å²) in [7, 11) is 1.53. The zero-order chi connectivity index (χ0) is 16.7. The predicted octanol–water partition coefficient (Wildman–Crippen LogP) is 1.96. The lowest BCUT2D eigenvalue weighted by Gasteiger charge is -2.57. The van der Waals surface area contributed by atoms with E-state index in [1.165, 1.54) is 26.4 Å². The van der Waals surface area contributed by atoms with Crippen LogP contribution < -0.4 is 5.32 Å². The van der Waals surface area contributed by atoms with Gasteiger partial charge in [0.15, 0.2) is 0 Å². The lowest BCUT2D eigenvalue weighted by molar-refractivity contribution is -0.158. The molecule has 5 fully saturated rings. The number of rotatable bonds is 4. The summed E-state index contributed by atoms with van der Waals surface area (Å²) in [5, 5.41) is 3.01. The van der Waals surface area contributed by atoms with Crippen LogP contribution in [-0.2, 0) is 14.3 Å². The van der Waals surface area contributed by atoms with Crippen LogP contribution in [0.5, 0.6) is 0 Å². The maximum absolute atomic E-state index is 13.3. The number of piperidine rings is 1. The third-order valence-electron chi connectivity index (χ3n) is 6.91. The largest absolute Gasteiger partial charge is 0.375 e. The second kappa shape index (κ2) is 6.32. The van der Waals surface area contributed by atoms with Crippen molar-refractivity contribution in [2.45, 2.75) is 57.4 Å². The van der Waals surface area contributed by atoms with E-state index in [1.807, 2.05) is 0 Å². The molecule has 24 heavy (non-hydrogen) atoms. The van der Waals surface area contributed by atoms with Crippen LogP contribution >= 0.6 is 0 Å². The Morgan fingerprint density at radius 3 is 2.08 bits per heavy atom. The molecule has 1 heterocycles. The SMILES string of the molecule is COCC(=O)NC1CCN(C(=O)C23CC4CC(CC(C4)C2)C3)CC1. The van der Waals surface area contributed by atoms with E-state index in [2.05, 4.69) is 10.2 Å². The number of hydrogen-bond donors (Lipinski definition) is 1. The molecule has 5 heteroatoms. The Labute approximate surface area is 144 Å². The van der Waals surface area contributed by atoms with Gasteiger partial charge in [0.25, 0.3) is 0 Å². The van der Waals surface area contributed by atoms with Gasteiger partial charge in [0.05, 0.1) is 5.41 Å². The van der Waals surface area contributed by atoms with E-state index < -0.39 is 0 Å². The van der Waals surface area contributed by atoms with Crippen molar-refractivity contribution in [1.29, 1.82) is 0 Å². The molecule has 1 N–H and O–H groups in total. The zero-order valence-electron chi connectivity index (χ0n) is 14.8. The summed E-state index contributed by atoms with van der Waals surface area (Å²) in [4.78, 5) is 27.0. The van der Waals surface area contributed by atoms with Gasteiger partial charge in [-0.15, -0.1) is 0 Å². The van der Waals surface area contributed by atoms with Crippen LogP contribution in [0.3, 0.4) is 0 Å². The van der Waals surface area contributed by atoms with Crippen LogP contribution in [-0.4, -0.2) is 49.6 Å². The Bertz CT molecular complexity index is 475. The quantitative estimate of drug-likeness (QED) is 0.855. The van der Waals surface area contributed by atoms with Crippen LogP contribution in [0.15, 0.2) is 0 Å². The van der Waals surface area contributed by atoms with E-state index in [4.69, 9.17) is 4.74 Å². The number of nitrogens with zero attached hydrogens (tertiary/aromatic N) is 1. The summed E-state index contributed by atoms with van der Waals surface area (Å²) in [5.74, 6) is 2.81. The van der Waals surface area contributed by atoms with Gasteiger partial charge in [-0.05, 0) is 69.1 Å². The van der Waals surface area contributed by atoms with E-state index in [9.17, 15) is 9.59 Å². The van der Waals surface area contributed by atoms with Crippen LogP contribution in [0.2, 0.25) is 0 Å². The summed E-state index contributed by atoms with van der Waals surface area (Å²) in [5.41, 5.74) is -0.0269. The van der Waals surface area contributed by atoms with E-state index >= 15 is 0 Å². The fourth-order valence-electron chi connectivity index (χ4n) is 6.34. The monoisotopic (exact) mass is 334 g/mol. The minimum Gasteiger partial charge on any atom is -0.375 e. The van der Waals surface area contributed by atoms with Gasteiger partial charge in [0.2, 0.25) is 11.8 Å². The highest BCUT2D eigenvalue weighted by Crippen LogP contribution is 2.60. The number of methoxy groups -OCH3 is 1. The maximum atomic E-state index is 13.3. The van der Waals surface area contributed by atoms with Crippen molar-refractivity contribution in [2.24, 2.45) is 23.2 Å². The first-order valence-corrected chi connectivity index (χ1v) is 9.65. The second-order valence-corrected chi connectivity index (χ2v) is 8.76. The molecule has 4 bridgehead atoms. The fraction of sp³-hybridized carbons (Fsp3) is 0.895. The average Bonchev–Trinajstić information content (AvgIpc) is 2.54. The molecule has 4 saturated carbocycles. The van der Waals surface area contributed by atoms with Gasteiger partial charge in [0.1, 0.15) is 6.61 Å². The number of likely N-dealkylation sites (tertiary alicyclic amines) is 1. The molecule has 1 aliphatic heterocycles. The van der Waals surface area contributed by atoms with Gasteiger partial charge in [0, 0.05) is 26.2 Å². The maximum Gasteiger partial charge on any atom is 0.246 e. The molecule has 0 unspecified atom stereocenters. The average molecular weight is 334 g/mol. The normalized spacial score (nSPS) is 38.4. The first-order valence-electron chi connectivity index (χ1n) is 9.65. The smallest absolute Gasteiger partial charge is 0.246 e. The molecule has 0 aromatic heterocycles. The van der Waals surface area contributed by atoms with Crippen molar-refractivity contribution in [2.75, 3.05) is 26.8 Å². The summed E-state index contributed by atoms with van der Waals surface area (Å²) < 4.78 is 4.87. The molecular formula is C19H30N2O3. The lowest BCUT2D eigenvalue weighted by Crippen LogP contribution is -2.57. The summed E-state index contributed by atoms with van der Waals surface area (Å²) >= 11 is 0. The molecule has 1 saturated heterocycles.